The molecule has 1 saturated heterocycles. The highest BCUT2D eigenvalue weighted by Gasteiger charge is 2.41. The normalized spacial score (nSPS) is 21.7. The Hall–Kier alpha value is -2.80. The number of hydrogen-bond acceptors (Lipinski definition) is 4. The second kappa shape index (κ2) is 9.56. The van der Waals surface area contributed by atoms with Gasteiger partial charge in [0.2, 0.25) is 0 Å². The molecule has 0 aromatic heterocycles. The van der Waals surface area contributed by atoms with Crippen LogP contribution in [0.3, 0.4) is 0 Å². The number of ether oxygens (including phenoxy) is 2. The fourth-order valence-electron chi connectivity index (χ4n) is 4.29. The standard InChI is InChI=1S/C24H31FN4O2/c1-26-24(27-21-15-19(21)18-6-4-5-7-20(18)25)29-12-10-28(11-13-29)16-17-8-9-22(30-2)23(14-17)31-3/h4-9,14,19,21H,10-13,15-16H2,1-3H3,(H,26,27). The van der Waals surface area contributed by atoms with Crippen molar-refractivity contribution in [3.8, 4) is 11.5 Å². The van der Waals surface area contributed by atoms with Gasteiger partial charge in [-0.25, -0.2) is 4.39 Å². The quantitative estimate of drug-likeness (QED) is 0.568. The van der Waals surface area contributed by atoms with Crippen LogP contribution in [0.5, 0.6) is 11.5 Å². The van der Waals surface area contributed by atoms with Crippen molar-refractivity contribution in [3.63, 3.8) is 0 Å². The lowest BCUT2D eigenvalue weighted by Gasteiger charge is -2.36. The van der Waals surface area contributed by atoms with Crippen LogP contribution >= 0.6 is 0 Å². The van der Waals surface area contributed by atoms with Gasteiger partial charge in [-0.1, -0.05) is 24.3 Å². The SMILES string of the molecule is CN=C(NC1CC1c1ccccc1F)N1CCN(Cc2ccc(OC)c(OC)c2)CC1. The maximum Gasteiger partial charge on any atom is 0.193 e. The molecular formula is C24H31FN4O2. The zero-order valence-corrected chi connectivity index (χ0v) is 18.5. The molecule has 2 fully saturated rings. The summed E-state index contributed by atoms with van der Waals surface area (Å²) in [7, 11) is 5.13. The van der Waals surface area contributed by atoms with E-state index in [0.29, 0.717) is 0 Å². The molecule has 1 N–H and O–H groups in total. The van der Waals surface area contributed by atoms with Gasteiger partial charge in [0.15, 0.2) is 17.5 Å². The van der Waals surface area contributed by atoms with E-state index in [9.17, 15) is 4.39 Å². The van der Waals surface area contributed by atoms with Crippen LogP contribution in [0.2, 0.25) is 0 Å². The zero-order valence-electron chi connectivity index (χ0n) is 18.5. The van der Waals surface area contributed by atoms with Gasteiger partial charge in [0.1, 0.15) is 5.82 Å². The van der Waals surface area contributed by atoms with Crippen molar-refractivity contribution >= 4 is 5.96 Å². The van der Waals surface area contributed by atoms with Gasteiger partial charge in [-0.05, 0) is 35.7 Å². The Balaban J connectivity index is 1.29. The highest BCUT2D eigenvalue weighted by molar-refractivity contribution is 5.81. The first-order chi connectivity index (χ1) is 15.1. The number of piperazine rings is 1. The molecule has 4 rings (SSSR count). The summed E-state index contributed by atoms with van der Waals surface area (Å²) in [6.07, 6.45) is 0.944. The van der Waals surface area contributed by atoms with Crippen LogP contribution in [0, 0.1) is 5.82 Å². The van der Waals surface area contributed by atoms with Gasteiger partial charge in [0.05, 0.1) is 14.2 Å². The number of nitrogens with zero attached hydrogens (tertiary/aromatic N) is 3. The number of halogens is 1. The van der Waals surface area contributed by atoms with E-state index >= 15 is 0 Å². The average Bonchev–Trinajstić information content (AvgIpc) is 3.57. The number of benzene rings is 2. The maximum absolute atomic E-state index is 14.1. The largest absolute Gasteiger partial charge is 0.493 e. The summed E-state index contributed by atoms with van der Waals surface area (Å²) in [5.41, 5.74) is 2.01. The molecule has 0 amide bonds. The lowest BCUT2D eigenvalue weighted by molar-refractivity contribution is 0.172. The highest BCUT2D eigenvalue weighted by Crippen LogP contribution is 2.41. The van der Waals surface area contributed by atoms with E-state index in [2.05, 4.69) is 26.2 Å². The predicted molar refractivity (Wildman–Crippen MR) is 120 cm³/mol. The predicted octanol–water partition coefficient (Wildman–Crippen LogP) is 3.09. The van der Waals surface area contributed by atoms with Crippen LogP contribution in [0.15, 0.2) is 47.5 Å². The van der Waals surface area contributed by atoms with Gasteiger partial charge in [-0.15, -0.1) is 0 Å². The molecule has 2 aliphatic rings. The first-order valence-electron chi connectivity index (χ1n) is 10.8. The van der Waals surface area contributed by atoms with Crippen molar-refractivity contribution in [1.82, 2.24) is 15.1 Å². The van der Waals surface area contributed by atoms with Crippen molar-refractivity contribution < 1.29 is 13.9 Å². The molecule has 31 heavy (non-hydrogen) atoms. The van der Waals surface area contributed by atoms with Crippen LogP contribution in [0.4, 0.5) is 4.39 Å². The minimum Gasteiger partial charge on any atom is -0.493 e. The molecule has 1 saturated carbocycles. The molecule has 6 nitrogen and oxygen atoms in total. The summed E-state index contributed by atoms with van der Waals surface area (Å²) in [5.74, 6) is 2.53. The first-order valence-corrected chi connectivity index (χ1v) is 10.8. The number of hydrogen-bond donors (Lipinski definition) is 1. The lowest BCUT2D eigenvalue weighted by Crippen LogP contribution is -2.52. The summed E-state index contributed by atoms with van der Waals surface area (Å²) in [4.78, 5) is 9.21. The average molecular weight is 427 g/mol. The smallest absolute Gasteiger partial charge is 0.193 e. The van der Waals surface area contributed by atoms with Crippen molar-refractivity contribution in [2.45, 2.75) is 24.9 Å². The van der Waals surface area contributed by atoms with Gasteiger partial charge in [-0.3, -0.25) is 9.89 Å². The second-order valence-electron chi connectivity index (χ2n) is 8.11. The fraction of sp³-hybridized carbons (Fsp3) is 0.458. The van der Waals surface area contributed by atoms with Gasteiger partial charge >= 0.3 is 0 Å². The third-order valence-corrected chi connectivity index (χ3v) is 6.15. The summed E-state index contributed by atoms with van der Waals surface area (Å²) in [5, 5.41) is 3.54. The molecule has 2 aromatic rings. The van der Waals surface area contributed by atoms with E-state index in [0.717, 1.165) is 62.2 Å². The molecule has 0 bridgehead atoms. The monoisotopic (exact) mass is 426 g/mol. The van der Waals surface area contributed by atoms with Crippen molar-refractivity contribution in [2.24, 2.45) is 4.99 Å². The topological polar surface area (TPSA) is 49.3 Å². The fourth-order valence-corrected chi connectivity index (χ4v) is 4.29. The number of nitrogens with one attached hydrogen (secondary N) is 1. The Morgan fingerprint density at radius 3 is 2.48 bits per heavy atom. The molecule has 0 radical (unpaired) electrons. The summed E-state index contributed by atoms with van der Waals surface area (Å²) in [6.45, 7) is 4.60. The molecule has 2 aromatic carbocycles. The summed E-state index contributed by atoms with van der Waals surface area (Å²) < 4.78 is 24.8. The molecule has 1 aliphatic carbocycles. The third kappa shape index (κ3) is 4.93. The van der Waals surface area contributed by atoms with Crippen LogP contribution in [-0.2, 0) is 6.54 Å². The molecular weight excluding hydrogens is 395 g/mol. The van der Waals surface area contributed by atoms with Gasteiger partial charge < -0.3 is 19.7 Å². The van der Waals surface area contributed by atoms with Crippen LogP contribution in [0.1, 0.15) is 23.5 Å². The first kappa shape index (κ1) is 21.4. The van der Waals surface area contributed by atoms with E-state index in [1.165, 1.54) is 11.6 Å². The molecule has 2 atom stereocenters. The maximum atomic E-state index is 14.1. The van der Waals surface area contributed by atoms with E-state index in [1.54, 1.807) is 20.3 Å². The summed E-state index contributed by atoms with van der Waals surface area (Å²) in [6, 6.07) is 13.4. The molecule has 166 valence electrons. The minimum absolute atomic E-state index is 0.115. The number of methoxy groups -OCH3 is 2. The van der Waals surface area contributed by atoms with E-state index in [1.807, 2.05) is 31.3 Å². The zero-order chi connectivity index (χ0) is 21.8. The third-order valence-electron chi connectivity index (χ3n) is 6.15. The number of guanidine groups is 1. The van der Waals surface area contributed by atoms with Gasteiger partial charge in [0.25, 0.3) is 0 Å². The summed E-state index contributed by atoms with van der Waals surface area (Å²) >= 11 is 0. The number of rotatable bonds is 6. The molecule has 1 aliphatic heterocycles. The Bertz CT molecular complexity index is 928. The van der Waals surface area contributed by atoms with Crippen molar-refractivity contribution in [1.29, 1.82) is 0 Å². The number of aliphatic imine (C=N–C) groups is 1. The van der Waals surface area contributed by atoms with Crippen molar-refractivity contribution in [2.75, 3.05) is 47.4 Å². The Morgan fingerprint density at radius 1 is 1.06 bits per heavy atom. The minimum atomic E-state index is -0.115. The Kier molecular flexibility index (Phi) is 6.61. The van der Waals surface area contributed by atoms with E-state index in [4.69, 9.17) is 9.47 Å². The highest BCUT2D eigenvalue weighted by atomic mass is 19.1. The Morgan fingerprint density at radius 2 is 1.81 bits per heavy atom. The molecule has 2 unspecified atom stereocenters. The molecule has 7 heteroatoms. The lowest BCUT2D eigenvalue weighted by atomic mass is 10.1. The second-order valence-corrected chi connectivity index (χ2v) is 8.11. The van der Waals surface area contributed by atoms with E-state index in [-0.39, 0.29) is 17.8 Å². The molecule has 0 spiro atoms. The van der Waals surface area contributed by atoms with Crippen molar-refractivity contribution in [3.05, 3.63) is 59.4 Å². The van der Waals surface area contributed by atoms with Gasteiger partial charge in [-0.2, -0.15) is 0 Å². The van der Waals surface area contributed by atoms with Gasteiger partial charge in [0, 0.05) is 51.7 Å². The Labute approximate surface area is 183 Å². The van der Waals surface area contributed by atoms with Crippen LogP contribution in [0.25, 0.3) is 0 Å². The van der Waals surface area contributed by atoms with Crippen LogP contribution in [-0.4, -0.2) is 69.2 Å². The molecule has 1 heterocycles. The van der Waals surface area contributed by atoms with E-state index < -0.39 is 0 Å². The van der Waals surface area contributed by atoms with Crippen LogP contribution < -0.4 is 14.8 Å².